The Hall–Kier alpha value is -0.610. The Bertz CT molecular complexity index is 199. The number of hydrogen-bond acceptors (Lipinski definition) is 3. The van der Waals surface area contributed by atoms with Gasteiger partial charge >= 0.3 is 0 Å². The topological polar surface area (TPSA) is 61.4 Å². The van der Waals surface area contributed by atoms with E-state index in [1.807, 2.05) is 0 Å². The molecule has 0 aliphatic rings. The van der Waals surface area contributed by atoms with Crippen molar-refractivity contribution in [1.82, 2.24) is 10.6 Å². The van der Waals surface area contributed by atoms with Gasteiger partial charge < -0.3 is 10.4 Å². The number of hydrogen-bond donors (Lipinski definition) is 3. The Morgan fingerprint density at radius 2 is 1.63 bits per heavy atom. The number of aliphatic hydroxyl groups is 1. The van der Waals surface area contributed by atoms with Crippen molar-refractivity contribution in [3.05, 3.63) is 0 Å². The first kappa shape index (κ1) is 18.4. The molecular weight excluding hydrogens is 240 g/mol. The van der Waals surface area contributed by atoms with Crippen LogP contribution in [0.3, 0.4) is 0 Å². The Morgan fingerprint density at radius 3 is 2.32 bits per heavy atom. The zero-order valence-corrected chi connectivity index (χ0v) is 12.5. The first-order valence-electron chi connectivity index (χ1n) is 7.89. The molecule has 0 radical (unpaired) electrons. The molecule has 4 heteroatoms. The highest BCUT2D eigenvalue weighted by molar-refractivity contribution is 5.75. The van der Waals surface area contributed by atoms with Gasteiger partial charge in [-0.1, -0.05) is 45.4 Å². The summed E-state index contributed by atoms with van der Waals surface area (Å²) in [4.78, 5) is 11.4. The summed E-state index contributed by atoms with van der Waals surface area (Å²) in [5.41, 5.74) is 0. The maximum absolute atomic E-state index is 11.4. The summed E-state index contributed by atoms with van der Waals surface area (Å²) in [5.74, 6) is 0.157. The van der Waals surface area contributed by atoms with Crippen LogP contribution in [0.15, 0.2) is 0 Å². The Morgan fingerprint density at radius 1 is 0.947 bits per heavy atom. The highest BCUT2D eigenvalue weighted by Crippen LogP contribution is 2.04. The fourth-order valence-electron chi connectivity index (χ4n) is 1.94. The van der Waals surface area contributed by atoms with Crippen molar-refractivity contribution in [2.24, 2.45) is 0 Å². The van der Waals surface area contributed by atoms with E-state index in [2.05, 4.69) is 17.6 Å². The van der Waals surface area contributed by atoms with Crippen LogP contribution in [0.25, 0.3) is 0 Å². The summed E-state index contributed by atoms with van der Waals surface area (Å²) in [5, 5.41) is 14.8. The Labute approximate surface area is 118 Å². The molecule has 0 rings (SSSR count). The molecule has 0 unspecified atom stereocenters. The third-order valence-electron chi connectivity index (χ3n) is 3.18. The highest BCUT2D eigenvalue weighted by atomic mass is 16.2. The molecule has 0 aliphatic carbocycles. The van der Waals surface area contributed by atoms with Crippen molar-refractivity contribution in [1.29, 1.82) is 0 Å². The highest BCUT2D eigenvalue weighted by Gasteiger charge is 1.98. The molecule has 0 saturated carbocycles. The van der Waals surface area contributed by atoms with Crippen LogP contribution in [0, 0.1) is 0 Å². The maximum Gasteiger partial charge on any atom is 0.220 e. The predicted octanol–water partition coefficient (Wildman–Crippen LogP) is 2.56. The van der Waals surface area contributed by atoms with Gasteiger partial charge in [0.25, 0.3) is 0 Å². The van der Waals surface area contributed by atoms with Crippen molar-refractivity contribution in [3.8, 4) is 0 Å². The molecule has 0 aliphatic heterocycles. The van der Waals surface area contributed by atoms with Crippen LogP contribution in [0.5, 0.6) is 0 Å². The van der Waals surface area contributed by atoms with Gasteiger partial charge in [0, 0.05) is 13.0 Å². The zero-order chi connectivity index (χ0) is 14.2. The van der Waals surface area contributed by atoms with Crippen molar-refractivity contribution >= 4 is 5.91 Å². The quantitative estimate of drug-likeness (QED) is 0.336. The van der Waals surface area contributed by atoms with Crippen LogP contribution >= 0.6 is 0 Å². The average molecular weight is 272 g/mol. The van der Waals surface area contributed by atoms with Gasteiger partial charge in [-0.2, -0.15) is 0 Å². The molecule has 114 valence electrons. The smallest absolute Gasteiger partial charge is 0.220 e. The number of carbonyl (C=O) groups is 1. The standard InChI is InChI=1S/C15H32N2O2/c1-2-3-8-11-15(19)17-14-16-12-9-6-4-5-7-10-13-18/h16,18H,2-14H2,1H3,(H,17,19). The van der Waals surface area contributed by atoms with Crippen LogP contribution in [0.2, 0.25) is 0 Å². The van der Waals surface area contributed by atoms with Gasteiger partial charge in [-0.3, -0.25) is 10.1 Å². The van der Waals surface area contributed by atoms with E-state index in [9.17, 15) is 4.79 Å². The second-order valence-electron chi connectivity index (χ2n) is 5.08. The monoisotopic (exact) mass is 272 g/mol. The van der Waals surface area contributed by atoms with Gasteiger partial charge in [0.15, 0.2) is 0 Å². The van der Waals surface area contributed by atoms with Gasteiger partial charge in [0.2, 0.25) is 5.91 Å². The van der Waals surface area contributed by atoms with E-state index >= 15 is 0 Å². The largest absolute Gasteiger partial charge is 0.396 e. The van der Waals surface area contributed by atoms with E-state index in [4.69, 9.17) is 5.11 Å². The second-order valence-corrected chi connectivity index (χ2v) is 5.08. The molecule has 0 spiro atoms. The van der Waals surface area contributed by atoms with Crippen LogP contribution in [-0.2, 0) is 4.79 Å². The summed E-state index contributed by atoms with van der Waals surface area (Å²) >= 11 is 0. The third-order valence-corrected chi connectivity index (χ3v) is 3.18. The third kappa shape index (κ3) is 15.3. The molecule has 0 fully saturated rings. The fraction of sp³-hybridized carbons (Fsp3) is 0.933. The molecule has 1 amide bonds. The average Bonchev–Trinajstić information content (AvgIpc) is 2.41. The number of amides is 1. The minimum atomic E-state index is 0.157. The van der Waals surface area contributed by atoms with Crippen LogP contribution in [0.1, 0.15) is 71.1 Å². The minimum Gasteiger partial charge on any atom is -0.396 e. The summed E-state index contributed by atoms with van der Waals surface area (Å²) in [6.45, 7) is 4.02. The molecule has 0 aromatic rings. The zero-order valence-electron chi connectivity index (χ0n) is 12.5. The summed E-state index contributed by atoms with van der Waals surface area (Å²) in [7, 11) is 0. The molecular formula is C15H32N2O2. The lowest BCUT2D eigenvalue weighted by Crippen LogP contribution is -2.34. The van der Waals surface area contributed by atoms with Gasteiger partial charge in [0.05, 0.1) is 6.67 Å². The lowest BCUT2D eigenvalue weighted by molar-refractivity contribution is -0.121. The number of nitrogens with one attached hydrogen (secondary N) is 2. The van der Waals surface area contributed by atoms with Crippen molar-refractivity contribution in [2.45, 2.75) is 71.1 Å². The summed E-state index contributed by atoms with van der Waals surface area (Å²) in [6.07, 6.45) is 10.9. The Kier molecular flexibility index (Phi) is 15.0. The molecule has 19 heavy (non-hydrogen) atoms. The van der Waals surface area contributed by atoms with Crippen molar-refractivity contribution in [3.63, 3.8) is 0 Å². The first-order valence-corrected chi connectivity index (χ1v) is 7.89. The number of aliphatic hydroxyl groups excluding tert-OH is 1. The molecule has 0 heterocycles. The SMILES string of the molecule is CCCCCC(=O)NCNCCCCCCCCO. The van der Waals surface area contributed by atoms with E-state index < -0.39 is 0 Å². The van der Waals surface area contributed by atoms with E-state index in [1.54, 1.807) is 0 Å². The maximum atomic E-state index is 11.4. The Balaban J connectivity index is 3.07. The van der Waals surface area contributed by atoms with E-state index in [0.717, 1.165) is 45.1 Å². The van der Waals surface area contributed by atoms with E-state index in [-0.39, 0.29) is 5.91 Å². The molecule has 4 nitrogen and oxygen atoms in total. The number of unbranched alkanes of at least 4 members (excludes halogenated alkanes) is 7. The van der Waals surface area contributed by atoms with Crippen molar-refractivity contribution in [2.75, 3.05) is 19.8 Å². The molecule has 0 aromatic heterocycles. The molecule has 0 bridgehead atoms. The van der Waals surface area contributed by atoms with E-state index in [0.29, 0.717) is 19.7 Å². The number of rotatable bonds is 14. The van der Waals surface area contributed by atoms with Crippen LogP contribution in [-0.4, -0.2) is 30.8 Å². The molecule has 3 N–H and O–H groups in total. The van der Waals surface area contributed by atoms with Crippen LogP contribution < -0.4 is 10.6 Å². The molecule has 0 atom stereocenters. The summed E-state index contributed by atoms with van der Waals surface area (Å²) < 4.78 is 0. The van der Waals surface area contributed by atoms with Gasteiger partial charge in [-0.25, -0.2) is 0 Å². The van der Waals surface area contributed by atoms with Crippen LogP contribution in [0.4, 0.5) is 0 Å². The van der Waals surface area contributed by atoms with Gasteiger partial charge in [0.1, 0.15) is 0 Å². The lowest BCUT2D eigenvalue weighted by Gasteiger charge is -2.07. The first-order chi connectivity index (χ1) is 9.31. The normalized spacial score (nSPS) is 10.6. The minimum absolute atomic E-state index is 0.157. The van der Waals surface area contributed by atoms with E-state index in [1.165, 1.54) is 19.3 Å². The van der Waals surface area contributed by atoms with Gasteiger partial charge in [-0.15, -0.1) is 0 Å². The molecule has 0 aromatic carbocycles. The predicted molar refractivity (Wildman–Crippen MR) is 79.9 cm³/mol. The fourth-order valence-corrected chi connectivity index (χ4v) is 1.94. The summed E-state index contributed by atoms with van der Waals surface area (Å²) in [6, 6.07) is 0. The van der Waals surface area contributed by atoms with Crippen molar-refractivity contribution < 1.29 is 9.90 Å². The molecule has 0 saturated heterocycles. The lowest BCUT2D eigenvalue weighted by atomic mass is 10.1. The number of carbonyl (C=O) groups excluding carboxylic acids is 1. The van der Waals surface area contributed by atoms with Gasteiger partial charge in [-0.05, 0) is 25.8 Å². The second kappa shape index (κ2) is 15.4.